The van der Waals surface area contributed by atoms with Gasteiger partial charge < -0.3 is 4.90 Å². The van der Waals surface area contributed by atoms with E-state index in [1.165, 1.54) is 113 Å². The van der Waals surface area contributed by atoms with Gasteiger partial charge in [-0.1, -0.05) is 69.9 Å². The minimum absolute atomic E-state index is 0.767. The van der Waals surface area contributed by atoms with Crippen LogP contribution in [0.1, 0.15) is 95.1 Å². The van der Waals surface area contributed by atoms with Crippen molar-refractivity contribution in [2.45, 2.75) is 90.9 Å². The Bertz CT molecular complexity index is 758. The number of rotatable bonds is 14. The van der Waals surface area contributed by atoms with E-state index in [1.54, 1.807) is 11.1 Å². The third-order valence-electron chi connectivity index (χ3n) is 7.82. The first-order valence-electron chi connectivity index (χ1n) is 13.3. The van der Waals surface area contributed by atoms with Gasteiger partial charge in [-0.25, -0.2) is 0 Å². The van der Waals surface area contributed by atoms with Crippen molar-refractivity contribution in [1.82, 2.24) is 4.90 Å². The molecule has 3 aliphatic rings. The summed E-state index contributed by atoms with van der Waals surface area (Å²) < 4.78 is 0. The lowest BCUT2D eigenvalue weighted by atomic mass is 9.85. The average Bonchev–Trinajstić information content (AvgIpc) is 3.64. The second kappa shape index (κ2) is 11.0. The molecule has 0 aromatic heterocycles. The summed E-state index contributed by atoms with van der Waals surface area (Å²) in [6.45, 7) is 13.2. The van der Waals surface area contributed by atoms with Crippen molar-refractivity contribution >= 4 is 5.57 Å². The average molecular weight is 420 g/mol. The summed E-state index contributed by atoms with van der Waals surface area (Å²) in [6.07, 6.45) is 16.4. The number of hydrogen-bond acceptors (Lipinski definition) is 1. The third kappa shape index (κ3) is 6.82. The van der Waals surface area contributed by atoms with E-state index in [4.69, 9.17) is 0 Å². The second-order valence-electron chi connectivity index (χ2n) is 10.9. The molecule has 3 fully saturated rings. The summed E-state index contributed by atoms with van der Waals surface area (Å²) in [5, 5.41) is 0. The Morgan fingerprint density at radius 2 is 1.68 bits per heavy atom. The van der Waals surface area contributed by atoms with Crippen LogP contribution in [0, 0.1) is 24.7 Å². The zero-order valence-electron chi connectivity index (χ0n) is 20.3. The lowest BCUT2D eigenvalue weighted by Gasteiger charge is -2.37. The van der Waals surface area contributed by atoms with Gasteiger partial charge in [0.25, 0.3) is 0 Å². The maximum absolute atomic E-state index is 4.65. The first kappa shape index (κ1) is 22.8. The Hall–Kier alpha value is -1.34. The molecule has 1 heterocycles. The van der Waals surface area contributed by atoms with Crippen LogP contribution in [0.4, 0.5) is 0 Å². The van der Waals surface area contributed by atoms with Crippen LogP contribution in [0.5, 0.6) is 0 Å². The zero-order valence-corrected chi connectivity index (χ0v) is 20.3. The fourth-order valence-electron chi connectivity index (χ4n) is 5.51. The van der Waals surface area contributed by atoms with E-state index >= 15 is 0 Å². The van der Waals surface area contributed by atoms with E-state index in [2.05, 4.69) is 49.6 Å². The summed E-state index contributed by atoms with van der Waals surface area (Å²) in [5.41, 5.74) is 7.69. The molecule has 0 unspecified atom stereocenters. The number of aryl methyl sites for hydroxylation is 1. The number of nitrogens with zero attached hydrogens (tertiary/aromatic N) is 1. The molecular weight excluding hydrogens is 374 g/mol. The van der Waals surface area contributed by atoms with E-state index in [0.717, 1.165) is 17.8 Å². The number of likely N-dealkylation sites (tertiary alicyclic amines) is 1. The number of allylic oxidation sites excluding steroid dienone is 3. The first-order chi connectivity index (χ1) is 15.1. The molecule has 0 spiro atoms. The fourth-order valence-corrected chi connectivity index (χ4v) is 5.51. The molecule has 2 aliphatic carbocycles. The van der Waals surface area contributed by atoms with Crippen molar-refractivity contribution in [3.63, 3.8) is 0 Å². The van der Waals surface area contributed by atoms with Crippen molar-refractivity contribution in [1.29, 1.82) is 0 Å². The Morgan fingerprint density at radius 3 is 2.35 bits per heavy atom. The van der Waals surface area contributed by atoms with Crippen molar-refractivity contribution in [2.75, 3.05) is 19.6 Å². The van der Waals surface area contributed by atoms with Crippen LogP contribution in [0.2, 0.25) is 0 Å². The highest BCUT2D eigenvalue weighted by molar-refractivity contribution is 5.74. The summed E-state index contributed by atoms with van der Waals surface area (Å²) in [5.74, 6) is 2.76. The molecule has 1 aromatic carbocycles. The van der Waals surface area contributed by atoms with Gasteiger partial charge in [-0.2, -0.15) is 0 Å². The van der Waals surface area contributed by atoms with Gasteiger partial charge >= 0.3 is 0 Å². The molecule has 1 heteroatoms. The van der Waals surface area contributed by atoms with Gasteiger partial charge in [0.1, 0.15) is 0 Å². The molecule has 0 atom stereocenters. The van der Waals surface area contributed by atoms with E-state index in [1.807, 2.05) is 0 Å². The quantitative estimate of drug-likeness (QED) is 0.217. The second-order valence-corrected chi connectivity index (χ2v) is 10.9. The van der Waals surface area contributed by atoms with Gasteiger partial charge in [0.2, 0.25) is 0 Å². The van der Waals surface area contributed by atoms with Gasteiger partial charge in [0, 0.05) is 13.1 Å². The van der Waals surface area contributed by atoms with Crippen molar-refractivity contribution in [3.05, 3.63) is 53.1 Å². The smallest absolute Gasteiger partial charge is 0.00194 e. The highest BCUT2D eigenvalue weighted by Crippen LogP contribution is 2.44. The molecule has 0 amide bonds. The predicted molar refractivity (Wildman–Crippen MR) is 135 cm³/mol. The van der Waals surface area contributed by atoms with E-state index in [9.17, 15) is 0 Å². The Balaban J connectivity index is 1.44. The van der Waals surface area contributed by atoms with Crippen LogP contribution in [0.15, 0.2) is 42.0 Å². The predicted octanol–water partition coefficient (Wildman–Crippen LogP) is 8.20. The molecule has 1 nitrogen and oxygen atoms in total. The summed E-state index contributed by atoms with van der Waals surface area (Å²) in [6, 6.07) is 9.09. The lowest BCUT2D eigenvalue weighted by Crippen LogP contribution is -2.45. The van der Waals surface area contributed by atoms with Gasteiger partial charge in [-0.15, -0.1) is 0 Å². The molecule has 0 N–H and O–H groups in total. The number of unbranched alkanes of at least 4 members (excludes halogenated alkanes) is 3. The van der Waals surface area contributed by atoms with Crippen LogP contribution in [0.25, 0.3) is 5.57 Å². The molecule has 1 aliphatic heterocycles. The third-order valence-corrected chi connectivity index (χ3v) is 7.82. The summed E-state index contributed by atoms with van der Waals surface area (Å²) in [4.78, 5) is 2.63. The van der Waals surface area contributed by atoms with Gasteiger partial charge in [-0.3, -0.25) is 0 Å². The minimum Gasteiger partial charge on any atom is -0.303 e. The molecule has 170 valence electrons. The largest absolute Gasteiger partial charge is 0.303 e. The highest BCUT2D eigenvalue weighted by Gasteiger charge is 2.28. The zero-order chi connectivity index (χ0) is 21.6. The first-order valence-corrected chi connectivity index (χ1v) is 13.3. The molecule has 0 bridgehead atoms. The molecule has 2 saturated carbocycles. The van der Waals surface area contributed by atoms with Crippen molar-refractivity contribution in [2.24, 2.45) is 17.8 Å². The molecular formula is C30H45N. The van der Waals surface area contributed by atoms with E-state index in [-0.39, 0.29) is 0 Å². The van der Waals surface area contributed by atoms with Gasteiger partial charge in [0.15, 0.2) is 0 Å². The maximum Gasteiger partial charge on any atom is 0.00194 e. The van der Waals surface area contributed by atoms with Crippen molar-refractivity contribution < 1.29 is 0 Å². The molecule has 1 aromatic rings. The minimum atomic E-state index is 0.767. The number of hydrogen-bond donors (Lipinski definition) is 0. The van der Waals surface area contributed by atoms with Gasteiger partial charge in [-0.05, 0) is 104 Å². The van der Waals surface area contributed by atoms with Crippen LogP contribution >= 0.6 is 0 Å². The Kier molecular flexibility index (Phi) is 8.10. The van der Waals surface area contributed by atoms with Crippen LogP contribution in [-0.2, 0) is 0 Å². The van der Waals surface area contributed by atoms with Crippen LogP contribution in [-0.4, -0.2) is 24.5 Å². The summed E-state index contributed by atoms with van der Waals surface area (Å²) in [7, 11) is 0. The molecule has 0 radical (unpaired) electrons. The maximum atomic E-state index is 4.65. The lowest BCUT2D eigenvalue weighted by molar-refractivity contribution is 0.111. The van der Waals surface area contributed by atoms with Crippen LogP contribution < -0.4 is 0 Å². The SMILES string of the molecule is C=C(/C(CCCCCC1CC1)=C(/CCCCN1CC(C)C1)c1ccccc1C)C1CC1. The van der Waals surface area contributed by atoms with Gasteiger partial charge in [0.05, 0.1) is 0 Å². The van der Waals surface area contributed by atoms with Crippen molar-refractivity contribution in [3.8, 4) is 0 Å². The molecule has 1 saturated heterocycles. The van der Waals surface area contributed by atoms with E-state index < -0.39 is 0 Å². The van der Waals surface area contributed by atoms with E-state index in [0.29, 0.717) is 0 Å². The standard InChI is InChI=1S/C30H45N/c1-23-21-31(22-23)20-10-9-15-30(28-13-8-7-11-24(28)2)29(25(3)27-18-19-27)14-6-4-5-12-26-16-17-26/h7-8,11,13,23,26-27H,3-6,9-10,12,14-22H2,1-2H3/b30-29-. The molecule has 31 heavy (non-hydrogen) atoms. The highest BCUT2D eigenvalue weighted by atomic mass is 15.2. The normalized spacial score (nSPS) is 20.5. The fraction of sp³-hybridized carbons (Fsp3) is 0.667. The number of benzene rings is 1. The summed E-state index contributed by atoms with van der Waals surface area (Å²) >= 11 is 0. The Morgan fingerprint density at radius 1 is 0.935 bits per heavy atom. The Labute approximate surface area is 192 Å². The monoisotopic (exact) mass is 419 g/mol. The van der Waals surface area contributed by atoms with Crippen LogP contribution in [0.3, 0.4) is 0 Å². The topological polar surface area (TPSA) is 3.24 Å². The molecule has 4 rings (SSSR count).